The fourth-order valence-electron chi connectivity index (χ4n) is 5.89. The van der Waals surface area contributed by atoms with Gasteiger partial charge in [-0.2, -0.15) is 4.72 Å². The Morgan fingerprint density at radius 1 is 0.933 bits per heavy atom. The first-order valence-electron chi connectivity index (χ1n) is 15.4. The molecule has 5 rings (SSSR count). The number of hydrogen-bond acceptors (Lipinski definition) is 8. The monoisotopic (exact) mass is 634 g/mol. The third-order valence-corrected chi connectivity index (χ3v) is 10.2. The van der Waals surface area contributed by atoms with Gasteiger partial charge < -0.3 is 20.2 Å². The molecule has 1 amide bonds. The number of piperidine rings is 1. The van der Waals surface area contributed by atoms with Crippen molar-refractivity contribution in [3.05, 3.63) is 78.6 Å². The van der Waals surface area contributed by atoms with Gasteiger partial charge in [0.1, 0.15) is 5.66 Å². The van der Waals surface area contributed by atoms with Crippen molar-refractivity contribution in [1.29, 1.82) is 0 Å². The Balaban J connectivity index is 1.40. The highest BCUT2D eigenvalue weighted by atomic mass is 32.2. The summed E-state index contributed by atoms with van der Waals surface area (Å²) in [7, 11) is -4.20. The van der Waals surface area contributed by atoms with Crippen LogP contribution < -0.4 is 14.9 Å². The predicted octanol–water partition coefficient (Wildman–Crippen LogP) is 4.61. The third kappa shape index (κ3) is 7.62. The molecule has 0 bridgehead atoms. The molecule has 1 saturated carbocycles. The maximum absolute atomic E-state index is 14.4. The average molecular weight is 635 g/mol. The van der Waals surface area contributed by atoms with Crippen molar-refractivity contribution in [1.82, 2.24) is 19.6 Å². The minimum Gasteiger partial charge on any atom is -0.481 e. The topological polar surface area (TPSA) is 145 Å². The van der Waals surface area contributed by atoms with Crippen molar-refractivity contribution in [2.45, 2.75) is 69.5 Å². The zero-order valence-corrected chi connectivity index (χ0v) is 26.8. The summed E-state index contributed by atoms with van der Waals surface area (Å²) in [5, 5.41) is 13.5. The second-order valence-corrected chi connectivity index (χ2v) is 14.7. The number of carboxylic acids is 1. The number of carbonyl (C=O) groups excluding carboxylic acids is 1. The van der Waals surface area contributed by atoms with Gasteiger partial charge in [0.05, 0.1) is 11.3 Å². The van der Waals surface area contributed by atoms with Crippen molar-refractivity contribution >= 4 is 33.5 Å². The largest absolute Gasteiger partial charge is 0.481 e. The summed E-state index contributed by atoms with van der Waals surface area (Å²) in [5.41, 5.74) is -1.38. The van der Waals surface area contributed by atoms with Gasteiger partial charge in [0.2, 0.25) is 16.0 Å². The highest BCUT2D eigenvalue weighted by molar-refractivity contribution is 7.89. The summed E-state index contributed by atoms with van der Waals surface area (Å²) in [6.45, 7) is 7.18. The molecule has 2 aromatic carbocycles. The number of amides is 1. The van der Waals surface area contributed by atoms with E-state index in [1.807, 2.05) is 12.1 Å². The summed E-state index contributed by atoms with van der Waals surface area (Å²) in [6.07, 6.45) is 6.41. The summed E-state index contributed by atoms with van der Waals surface area (Å²) in [4.78, 5) is 39.0. The van der Waals surface area contributed by atoms with Crippen LogP contribution in [-0.4, -0.2) is 71.6 Å². The SMILES string of the molecule is CC(C)(C)C(CC(=O)O)(NS(=O)(=O)c1ccccc1)N(CC1CC1)C(=O)c1ccc(N2CCC(Nc3ncccn3)CC2)cc1. The second kappa shape index (κ2) is 13.1. The van der Waals surface area contributed by atoms with Crippen LogP contribution in [0.1, 0.15) is 63.2 Å². The molecular weight excluding hydrogens is 592 g/mol. The fraction of sp³-hybridized carbons (Fsp3) is 0.455. The van der Waals surface area contributed by atoms with Crippen LogP contribution in [0.3, 0.4) is 0 Å². The Morgan fingerprint density at radius 2 is 1.56 bits per heavy atom. The van der Waals surface area contributed by atoms with E-state index < -0.39 is 39.4 Å². The third-order valence-electron chi connectivity index (χ3n) is 8.72. The number of carboxylic acid groups (broad SMARTS) is 1. The summed E-state index contributed by atoms with van der Waals surface area (Å²) < 4.78 is 30.2. The molecule has 3 aromatic rings. The number of aromatic nitrogens is 2. The molecule has 0 spiro atoms. The Labute approximate surface area is 265 Å². The maximum atomic E-state index is 14.4. The Bertz CT molecular complexity index is 1570. The van der Waals surface area contributed by atoms with E-state index in [0.29, 0.717) is 11.5 Å². The van der Waals surface area contributed by atoms with Crippen molar-refractivity contribution < 1.29 is 23.1 Å². The molecule has 2 fully saturated rings. The molecule has 1 aliphatic heterocycles. The standard InChI is InChI=1S/C33H42N6O5S/c1-32(2,3)33(22-29(40)41,37-45(43,44)28-8-5-4-6-9-28)39(23-24-10-11-24)30(42)25-12-14-27(15-13-25)38-20-16-26(17-21-38)36-31-34-18-7-19-35-31/h4-9,12-15,18-19,24,26,37H,10-11,16-17,20-23H2,1-3H3,(H,40,41)(H,34,35,36). The minimum atomic E-state index is -4.20. The molecule has 1 aliphatic carbocycles. The molecule has 1 aromatic heterocycles. The van der Waals surface area contributed by atoms with Gasteiger partial charge in [0.25, 0.3) is 5.91 Å². The van der Waals surface area contributed by atoms with Gasteiger partial charge in [0.15, 0.2) is 0 Å². The predicted molar refractivity (Wildman–Crippen MR) is 172 cm³/mol. The molecule has 2 heterocycles. The fourth-order valence-corrected chi connectivity index (χ4v) is 7.46. The van der Waals surface area contributed by atoms with Crippen LogP contribution in [0.15, 0.2) is 78.0 Å². The number of sulfonamides is 1. The zero-order valence-electron chi connectivity index (χ0n) is 26.0. The van der Waals surface area contributed by atoms with Gasteiger partial charge >= 0.3 is 5.97 Å². The molecule has 240 valence electrons. The van der Waals surface area contributed by atoms with E-state index in [0.717, 1.165) is 44.5 Å². The number of hydrogen-bond donors (Lipinski definition) is 3. The molecule has 12 heteroatoms. The molecule has 1 unspecified atom stereocenters. The summed E-state index contributed by atoms with van der Waals surface area (Å²) in [6, 6.07) is 17.2. The van der Waals surface area contributed by atoms with Gasteiger partial charge in [-0.1, -0.05) is 39.0 Å². The molecule has 1 saturated heterocycles. The lowest BCUT2D eigenvalue weighted by Gasteiger charge is -2.51. The summed E-state index contributed by atoms with van der Waals surface area (Å²) >= 11 is 0. The highest BCUT2D eigenvalue weighted by Crippen LogP contribution is 2.42. The number of nitrogens with zero attached hydrogens (tertiary/aromatic N) is 4. The Kier molecular flexibility index (Phi) is 9.45. The van der Waals surface area contributed by atoms with E-state index >= 15 is 0 Å². The van der Waals surface area contributed by atoms with Crippen LogP contribution in [0.2, 0.25) is 0 Å². The van der Waals surface area contributed by atoms with Crippen molar-refractivity contribution in [2.75, 3.05) is 29.9 Å². The number of nitrogens with one attached hydrogen (secondary N) is 2. The number of benzene rings is 2. The van der Waals surface area contributed by atoms with Gasteiger partial charge in [-0.25, -0.2) is 18.4 Å². The van der Waals surface area contributed by atoms with Crippen LogP contribution in [0.5, 0.6) is 0 Å². The molecule has 2 aliphatic rings. The average Bonchev–Trinajstić information content (AvgIpc) is 3.84. The van der Waals surface area contributed by atoms with Crippen LogP contribution in [-0.2, 0) is 14.8 Å². The first-order chi connectivity index (χ1) is 21.4. The maximum Gasteiger partial charge on any atom is 0.307 e. The van der Waals surface area contributed by atoms with Gasteiger partial charge in [-0.15, -0.1) is 0 Å². The van der Waals surface area contributed by atoms with Crippen LogP contribution in [0.4, 0.5) is 11.6 Å². The molecule has 0 radical (unpaired) electrons. The lowest BCUT2D eigenvalue weighted by molar-refractivity contribution is -0.143. The highest BCUT2D eigenvalue weighted by Gasteiger charge is 2.54. The number of aliphatic carboxylic acids is 1. The van der Waals surface area contributed by atoms with Crippen molar-refractivity contribution in [3.63, 3.8) is 0 Å². The molecule has 11 nitrogen and oxygen atoms in total. The molecule has 3 N–H and O–H groups in total. The van der Waals surface area contributed by atoms with Crippen LogP contribution in [0, 0.1) is 11.3 Å². The first kappa shape index (κ1) is 32.4. The lowest BCUT2D eigenvalue weighted by atomic mass is 9.77. The molecule has 45 heavy (non-hydrogen) atoms. The second-order valence-electron chi connectivity index (χ2n) is 13.0. The first-order valence-corrected chi connectivity index (χ1v) is 16.9. The smallest absolute Gasteiger partial charge is 0.307 e. The lowest BCUT2D eigenvalue weighted by Crippen LogP contribution is -2.69. The van der Waals surface area contributed by atoms with Crippen molar-refractivity contribution in [2.24, 2.45) is 11.3 Å². The van der Waals surface area contributed by atoms with E-state index in [1.165, 1.54) is 17.0 Å². The molecule has 1 atom stereocenters. The molecular formula is C33H42N6O5S. The van der Waals surface area contributed by atoms with E-state index in [2.05, 4.69) is 24.9 Å². The van der Waals surface area contributed by atoms with Crippen molar-refractivity contribution in [3.8, 4) is 0 Å². The normalized spacial score (nSPS) is 17.4. The number of rotatable bonds is 12. The number of carbonyl (C=O) groups is 2. The quantitative estimate of drug-likeness (QED) is 0.243. The minimum absolute atomic E-state index is 0.00227. The Hall–Kier alpha value is -4.03. The van der Waals surface area contributed by atoms with Gasteiger partial charge in [-0.05, 0) is 74.1 Å². The van der Waals surface area contributed by atoms with Crippen LogP contribution in [0.25, 0.3) is 0 Å². The van der Waals surface area contributed by atoms with E-state index in [9.17, 15) is 23.1 Å². The Morgan fingerprint density at radius 3 is 2.11 bits per heavy atom. The van der Waals surface area contributed by atoms with E-state index in [-0.39, 0.29) is 23.4 Å². The number of anilines is 2. The van der Waals surface area contributed by atoms with E-state index in [4.69, 9.17) is 0 Å². The zero-order chi connectivity index (χ0) is 32.2. The van der Waals surface area contributed by atoms with Crippen LogP contribution >= 0.6 is 0 Å². The van der Waals surface area contributed by atoms with E-state index in [1.54, 1.807) is 69.6 Å². The van der Waals surface area contributed by atoms with Gasteiger partial charge in [0, 0.05) is 54.7 Å². The van der Waals surface area contributed by atoms with Gasteiger partial charge in [-0.3, -0.25) is 9.59 Å². The summed E-state index contributed by atoms with van der Waals surface area (Å²) in [5.74, 6) is -0.830.